The molecular weight excluding hydrogens is 546 g/mol. The number of likely N-dealkylation sites (tertiary alicyclic amines) is 1. The average Bonchev–Trinajstić information content (AvgIpc) is 2.71. The molecule has 0 saturated carbocycles. The van der Waals surface area contributed by atoms with Gasteiger partial charge in [0.1, 0.15) is 11.4 Å². The highest BCUT2D eigenvalue weighted by Gasteiger charge is 2.49. The van der Waals surface area contributed by atoms with Crippen LogP contribution in [-0.4, -0.2) is 47.2 Å². The van der Waals surface area contributed by atoms with E-state index in [1.165, 1.54) is 23.1 Å². The number of carbonyl (C=O) groups is 1. The molecule has 5 nitrogen and oxygen atoms in total. The zero-order chi connectivity index (χ0) is 21.5. The second-order valence-corrected chi connectivity index (χ2v) is 9.05. The highest BCUT2D eigenvalue weighted by atomic mass is 127. The number of nitrogens with one attached hydrogen (secondary N) is 2. The molecule has 4 rings (SSSR count). The molecule has 2 aromatic carbocycles. The minimum atomic E-state index is -1.26. The van der Waals surface area contributed by atoms with Gasteiger partial charge >= 0.3 is 0 Å². The summed E-state index contributed by atoms with van der Waals surface area (Å²) >= 11 is 1.93. The van der Waals surface area contributed by atoms with Crippen LogP contribution in [0.2, 0.25) is 0 Å². The summed E-state index contributed by atoms with van der Waals surface area (Å²) < 4.78 is 43.3. The van der Waals surface area contributed by atoms with Crippen LogP contribution < -0.4 is 10.6 Å². The van der Waals surface area contributed by atoms with Crippen molar-refractivity contribution in [2.75, 3.05) is 25.0 Å². The number of anilines is 2. The fraction of sp³-hybridized carbons (Fsp3) is 0.381. The number of nitrogens with zero attached hydrogens (tertiary/aromatic N) is 1. The zero-order valence-electron chi connectivity index (χ0n) is 16.4. The van der Waals surface area contributed by atoms with Gasteiger partial charge in [0, 0.05) is 9.61 Å². The summed E-state index contributed by atoms with van der Waals surface area (Å²) in [6.45, 7) is 1.01. The lowest BCUT2D eigenvalue weighted by atomic mass is 9.81. The Hall–Kier alpha value is -1.56. The summed E-state index contributed by atoms with van der Waals surface area (Å²) in [5, 5.41) is 16.6. The molecule has 0 radical (unpaired) electrons. The van der Waals surface area contributed by atoms with Crippen molar-refractivity contribution in [3.63, 3.8) is 0 Å². The first-order valence-corrected chi connectivity index (χ1v) is 10.8. The molecular formula is C21H22ClF3IN3O2. The molecule has 2 saturated heterocycles. The Morgan fingerprint density at radius 3 is 2.55 bits per heavy atom. The normalized spacial score (nSPS) is 19.9. The van der Waals surface area contributed by atoms with Gasteiger partial charge in [0.15, 0.2) is 11.6 Å². The lowest BCUT2D eigenvalue weighted by molar-refractivity contribution is -0.108. The van der Waals surface area contributed by atoms with E-state index in [4.69, 9.17) is 0 Å². The lowest BCUT2D eigenvalue weighted by Gasteiger charge is -2.51. The summed E-state index contributed by atoms with van der Waals surface area (Å²) in [7, 11) is 0. The van der Waals surface area contributed by atoms with E-state index in [0.717, 1.165) is 31.9 Å². The maximum absolute atomic E-state index is 14.6. The van der Waals surface area contributed by atoms with Crippen LogP contribution >= 0.6 is 35.0 Å². The van der Waals surface area contributed by atoms with E-state index in [2.05, 4.69) is 10.6 Å². The summed E-state index contributed by atoms with van der Waals surface area (Å²) in [6.07, 6.45) is 2.88. The number of piperidine rings is 1. The number of rotatable bonds is 4. The van der Waals surface area contributed by atoms with E-state index >= 15 is 0 Å². The standard InChI is InChI=1S/C21H21F3IN3O2.ClH/c22-14-6-5-13(19(18(14)24)27-16-7-4-12(25)9-15(16)23)20(29)28-10-21(30,11-28)17-3-1-2-8-26-17;/h4-7,9,17,26-27,30H,1-3,8,10-11H2;1H. The molecule has 1 amide bonds. The van der Waals surface area contributed by atoms with Crippen molar-refractivity contribution in [1.29, 1.82) is 0 Å². The highest BCUT2D eigenvalue weighted by Crippen LogP contribution is 2.34. The summed E-state index contributed by atoms with van der Waals surface area (Å²) in [4.78, 5) is 14.4. The van der Waals surface area contributed by atoms with Crippen molar-refractivity contribution in [2.24, 2.45) is 0 Å². The van der Waals surface area contributed by atoms with Crippen LogP contribution in [0.3, 0.4) is 0 Å². The molecule has 1 atom stereocenters. The minimum Gasteiger partial charge on any atom is -0.385 e. The summed E-state index contributed by atoms with van der Waals surface area (Å²) in [5.41, 5.74) is -1.65. The molecule has 2 aliphatic rings. The van der Waals surface area contributed by atoms with Crippen molar-refractivity contribution in [2.45, 2.75) is 30.9 Å². The smallest absolute Gasteiger partial charge is 0.256 e. The Morgan fingerprint density at radius 1 is 1.16 bits per heavy atom. The first-order chi connectivity index (χ1) is 14.3. The van der Waals surface area contributed by atoms with Crippen LogP contribution in [0.25, 0.3) is 0 Å². The minimum absolute atomic E-state index is 0. The van der Waals surface area contributed by atoms with Gasteiger partial charge in [-0.2, -0.15) is 0 Å². The largest absolute Gasteiger partial charge is 0.385 e. The SMILES string of the molecule is Cl.O=C(c1ccc(F)c(F)c1Nc1ccc(I)cc1F)N1CC(O)(C2CCCCN2)C1. The number of benzene rings is 2. The van der Waals surface area contributed by atoms with Crippen LogP contribution in [0.1, 0.15) is 29.6 Å². The molecule has 2 fully saturated rings. The summed E-state index contributed by atoms with van der Waals surface area (Å²) in [5.74, 6) is -3.61. The predicted molar refractivity (Wildman–Crippen MR) is 123 cm³/mol. The monoisotopic (exact) mass is 567 g/mol. The van der Waals surface area contributed by atoms with Gasteiger partial charge in [-0.15, -0.1) is 12.4 Å². The van der Waals surface area contributed by atoms with E-state index in [-0.39, 0.29) is 42.8 Å². The summed E-state index contributed by atoms with van der Waals surface area (Å²) in [6, 6.07) is 6.19. The molecule has 0 aliphatic carbocycles. The number of hydrogen-bond donors (Lipinski definition) is 3. The maximum Gasteiger partial charge on any atom is 0.256 e. The highest BCUT2D eigenvalue weighted by molar-refractivity contribution is 14.1. The van der Waals surface area contributed by atoms with Gasteiger partial charge in [-0.05, 0) is 72.3 Å². The van der Waals surface area contributed by atoms with Crippen LogP contribution in [-0.2, 0) is 0 Å². The van der Waals surface area contributed by atoms with Crippen molar-refractivity contribution in [3.8, 4) is 0 Å². The molecule has 0 spiro atoms. The molecule has 168 valence electrons. The van der Waals surface area contributed by atoms with Gasteiger partial charge in [0.25, 0.3) is 5.91 Å². The van der Waals surface area contributed by atoms with E-state index in [1.54, 1.807) is 6.07 Å². The molecule has 2 heterocycles. The number of aliphatic hydroxyl groups is 1. The molecule has 0 bridgehead atoms. The molecule has 0 aromatic heterocycles. The van der Waals surface area contributed by atoms with Crippen molar-refractivity contribution in [3.05, 3.63) is 56.9 Å². The molecule has 10 heteroatoms. The van der Waals surface area contributed by atoms with E-state index in [1.807, 2.05) is 22.6 Å². The number of β-amino-alcohol motifs (C(OH)–C–C–N with tert-alkyl or cyclic N) is 1. The van der Waals surface area contributed by atoms with Crippen LogP contribution in [0.5, 0.6) is 0 Å². The Morgan fingerprint density at radius 2 is 1.90 bits per heavy atom. The maximum atomic E-state index is 14.6. The van der Waals surface area contributed by atoms with Crippen molar-refractivity contribution in [1.82, 2.24) is 10.2 Å². The Labute approximate surface area is 197 Å². The molecule has 31 heavy (non-hydrogen) atoms. The first-order valence-electron chi connectivity index (χ1n) is 9.73. The Bertz CT molecular complexity index is 983. The first kappa shape index (κ1) is 24.1. The van der Waals surface area contributed by atoms with Gasteiger partial charge in [-0.3, -0.25) is 4.79 Å². The number of halogens is 5. The van der Waals surface area contributed by atoms with Gasteiger partial charge in [0.05, 0.1) is 30.0 Å². The topological polar surface area (TPSA) is 64.6 Å². The van der Waals surface area contributed by atoms with Gasteiger partial charge in [-0.1, -0.05) is 6.42 Å². The van der Waals surface area contributed by atoms with Crippen molar-refractivity contribution >= 4 is 52.3 Å². The van der Waals surface area contributed by atoms with E-state index < -0.39 is 34.6 Å². The van der Waals surface area contributed by atoms with Gasteiger partial charge in [0.2, 0.25) is 0 Å². The third-order valence-corrected chi connectivity index (χ3v) is 6.36. The van der Waals surface area contributed by atoms with E-state index in [9.17, 15) is 23.1 Å². The van der Waals surface area contributed by atoms with E-state index in [0.29, 0.717) is 3.57 Å². The predicted octanol–water partition coefficient (Wildman–Crippen LogP) is 4.20. The quantitative estimate of drug-likeness (QED) is 0.485. The Kier molecular flexibility index (Phi) is 7.39. The fourth-order valence-electron chi connectivity index (χ4n) is 4.04. The molecule has 2 aliphatic heterocycles. The molecule has 2 aromatic rings. The molecule has 1 unspecified atom stereocenters. The van der Waals surface area contributed by atoms with Crippen LogP contribution in [0.4, 0.5) is 24.5 Å². The van der Waals surface area contributed by atoms with Gasteiger partial charge < -0.3 is 20.6 Å². The Balaban J connectivity index is 0.00000272. The number of hydrogen-bond acceptors (Lipinski definition) is 4. The molecule has 3 N–H and O–H groups in total. The third-order valence-electron chi connectivity index (χ3n) is 5.69. The number of carbonyl (C=O) groups excluding carboxylic acids is 1. The van der Waals surface area contributed by atoms with Crippen molar-refractivity contribution < 1.29 is 23.1 Å². The average molecular weight is 568 g/mol. The van der Waals surface area contributed by atoms with Gasteiger partial charge in [-0.25, -0.2) is 13.2 Å². The zero-order valence-corrected chi connectivity index (χ0v) is 19.4. The second-order valence-electron chi connectivity index (χ2n) is 7.80. The third kappa shape index (κ3) is 4.79. The fourth-order valence-corrected chi connectivity index (χ4v) is 4.49. The number of amides is 1. The lowest BCUT2D eigenvalue weighted by Crippen LogP contribution is -2.72. The van der Waals surface area contributed by atoms with Crippen LogP contribution in [0.15, 0.2) is 30.3 Å². The van der Waals surface area contributed by atoms with Crippen LogP contribution in [0, 0.1) is 21.0 Å². The second kappa shape index (κ2) is 9.51.